The average Bonchev–Trinajstić information content (AvgIpc) is 2.60. The summed E-state index contributed by atoms with van der Waals surface area (Å²) in [6.45, 7) is -0.324. The van der Waals surface area contributed by atoms with Gasteiger partial charge in [-0.2, -0.15) is 5.10 Å². The van der Waals surface area contributed by atoms with E-state index in [2.05, 4.69) is 10.5 Å². The highest BCUT2D eigenvalue weighted by molar-refractivity contribution is 5.83. The van der Waals surface area contributed by atoms with Gasteiger partial charge in [0.15, 0.2) is 6.61 Å². The summed E-state index contributed by atoms with van der Waals surface area (Å²) in [7, 11) is 0. The van der Waals surface area contributed by atoms with E-state index in [0.717, 1.165) is 0 Å². The summed E-state index contributed by atoms with van der Waals surface area (Å²) in [6, 6.07) is 10.9. The molecular formula is C15H12N4O6. The lowest BCUT2D eigenvalue weighted by molar-refractivity contribution is -0.385. The first-order valence-corrected chi connectivity index (χ1v) is 6.89. The van der Waals surface area contributed by atoms with E-state index >= 15 is 0 Å². The zero-order chi connectivity index (χ0) is 18.2. The normalized spacial score (nSPS) is 10.4. The van der Waals surface area contributed by atoms with E-state index < -0.39 is 15.8 Å². The standard InChI is InChI=1S/C15H12N4O6/c20-15(10-25-14-7-5-13(6-8-14)19(23)24)17-16-9-11-1-3-12(4-2-11)18(21)22/h1-9H,10H2,(H,17,20)/b16-9-. The van der Waals surface area contributed by atoms with E-state index in [1.807, 2.05) is 0 Å². The van der Waals surface area contributed by atoms with E-state index in [1.165, 1.54) is 54.7 Å². The summed E-state index contributed by atoms with van der Waals surface area (Å²) >= 11 is 0. The van der Waals surface area contributed by atoms with Crippen molar-refractivity contribution in [2.45, 2.75) is 0 Å². The number of nitrogens with zero attached hydrogens (tertiary/aromatic N) is 3. The molecule has 2 aromatic carbocycles. The molecule has 1 amide bonds. The molecule has 0 atom stereocenters. The van der Waals surface area contributed by atoms with Gasteiger partial charge in [0, 0.05) is 24.3 Å². The van der Waals surface area contributed by atoms with Crippen LogP contribution in [0.5, 0.6) is 5.75 Å². The minimum Gasteiger partial charge on any atom is -0.484 e. The van der Waals surface area contributed by atoms with E-state index in [4.69, 9.17) is 4.74 Å². The second-order valence-electron chi connectivity index (χ2n) is 4.68. The Morgan fingerprint density at radius 1 is 1.00 bits per heavy atom. The second kappa shape index (κ2) is 8.15. The van der Waals surface area contributed by atoms with Crippen LogP contribution in [0.2, 0.25) is 0 Å². The highest BCUT2D eigenvalue weighted by atomic mass is 16.6. The molecule has 0 aliphatic carbocycles. The van der Waals surface area contributed by atoms with E-state index in [0.29, 0.717) is 11.3 Å². The topological polar surface area (TPSA) is 137 Å². The second-order valence-corrected chi connectivity index (χ2v) is 4.68. The number of non-ortho nitro benzene ring substituents is 2. The molecular weight excluding hydrogens is 332 g/mol. The van der Waals surface area contributed by atoms with E-state index in [1.54, 1.807) is 0 Å². The summed E-state index contributed by atoms with van der Waals surface area (Å²) in [6.07, 6.45) is 1.33. The lowest BCUT2D eigenvalue weighted by Gasteiger charge is -2.04. The number of nitro benzene ring substituents is 2. The van der Waals surface area contributed by atoms with Gasteiger partial charge in [0.05, 0.1) is 16.1 Å². The lowest BCUT2D eigenvalue weighted by Crippen LogP contribution is -2.24. The molecule has 10 heteroatoms. The first-order valence-electron chi connectivity index (χ1n) is 6.89. The SMILES string of the molecule is O=C(COc1ccc([N+](=O)[O-])cc1)N/N=C\c1ccc([N+](=O)[O-])cc1. The van der Waals surface area contributed by atoms with Gasteiger partial charge in [0.1, 0.15) is 5.75 Å². The van der Waals surface area contributed by atoms with Gasteiger partial charge in [-0.05, 0) is 29.8 Å². The predicted molar refractivity (Wildman–Crippen MR) is 87.4 cm³/mol. The number of nitrogens with one attached hydrogen (secondary N) is 1. The average molecular weight is 344 g/mol. The van der Waals surface area contributed by atoms with Crippen LogP contribution < -0.4 is 10.2 Å². The Labute approximate surface area is 141 Å². The molecule has 25 heavy (non-hydrogen) atoms. The van der Waals surface area contributed by atoms with Crippen LogP contribution in [0.1, 0.15) is 5.56 Å². The van der Waals surface area contributed by atoms with Gasteiger partial charge >= 0.3 is 0 Å². The maximum atomic E-state index is 11.6. The van der Waals surface area contributed by atoms with Gasteiger partial charge in [0.25, 0.3) is 17.3 Å². The maximum Gasteiger partial charge on any atom is 0.277 e. The molecule has 1 N–H and O–H groups in total. The van der Waals surface area contributed by atoms with Crippen LogP contribution >= 0.6 is 0 Å². The molecule has 0 unspecified atom stereocenters. The van der Waals surface area contributed by atoms with Crippen molar-refractivity contribution in [1.82, 2.24) is 5.43 Å². The Bertz CT molecular complexity index is 802. The third kappa shape index (κ3) is 5.39. The quantitative estimate of drug-likeness (QED) is 0.463. The number of carbonyl (C=O) groups is 1. The van der Waals surface area contributed by atoms with Gasteiger partial charge in [-0.1, -0.05) is 0 Å². The Balaban J connectivity index is 1.80. The fourth-order valence-electron chi connectivity index (χ4n) is 1.71. The molecule has 128 valence electrons. The Hall–Kier alpha value is -3.82. The van der Waals surface area contributed by atoms with Crippen LogP contribution in [0.3, 0.4) is 0 Å². The Kier molecular flexibility index (Phi) is 5.72. The highest BCUT2D eigenvalue weighted by Gasteiger charge is 2.06. The van der Waals surface area contributed by atoms with Crippen molar-refractivity contribution in [3.63, 3.8) is 0 Å². The summed E-state index contributed by atoms with van der Waals surface area (Å²) < 4.78 is 5.16. The number of nitro groups is 2. The molecule has 2 aromatic rings. The smallest absolute Gasteiger partial charge is 0.277 e. The number of carbonyl (C=O) groups excluding carboxylic acids is 1. The summed E-state index contributed by atoms with van der Waals surface area (Å²) in [5, 5.41) is 24.7. The van der Waals surface area contributed by atoms with Crippen LogP contribution in [0, 0.1) is 20.2 Å². The minimum absolute atomic E-state index is 0.0438. The zero-order valence-electron chi connectivity index (χ0n) is 12.7. The predicted octanol–water partition coefficient (Wildman–Crippen LogP) is 2.03. The number of ether oxygens (including phenoxy) is 1. The fourth-order valence-corrected chi connectivity index (χ4v) is 1.71. The molecule has 0 fully saturated rings. The maximum absolute atomic E-state index is 11.6. The van der Waals surface area contributed by atoms with Crippen molar-refractivity contribution < 1.29 is 19.4 Å². The first kappa shape index (κ1) is 17.5. The fraction of sp³-hybridized carbons (Fsp3) is 0.0667. The van der Waals surface area contributed by atoms with Crippen molar-refractivity contribution in [1.29, 1.82) is 0 Å². The third-order valence-electron chi connectivity index (χ3n) is 2.92. The number of hydrogen-bond donors (Lipinski definition) is 1. The van der Waals surface area contributed by atoms with Gasteiger partial charge in [-0.3, -0.25) is 25.0 Å². The van der Waals surface area contributed by atoms with Crippen molar-refractivity contribution in [2.75, 3.05) is 6.61 Å². The van der Waals surface area contributed by atoms with Crippen LogP contribution in [-0.4, -0.2) is 28.6 Å². The van der Waals surface area contributed by atoms with Gasteiger partial charge in [-0.15, -0.1) is 0 Å². The molecule has 0 aliphatic heterocycles. The number of hydrazone groups is 1. The van der Waals surface area contributed by atoms with Gasteiger partial charge in [0.2, 0.25) is 0 Å². The molecule has 0 aromatic heterocycles. The molecule has 0 saturated heterocycles. The van der Waals surface area contributed by atoms with Gasteiger partial charge in [-0.25, -0.2) is 5.43 Å². The van der Waals surface area contributed by atoms with E-state index in [-0.39, 0.29) is 18.0 Å². The van der Waals surface area contributed by atoms with Crippen molar-refractivity contribution in [3.8, 4) is 5.75 Å². The molecule has 0 spiro atoms. The van der Waals surface area contributed by atoms with Crippen LogP contribution in [0.4, 0.5) is 11.4 Å². The molecule has 10 nitrogen and oxygen atoms in total. The number of benzene rings is 2. The molecule has 0 bridgehead atoms. The van der Waals surface area contributed by atoms with Crippen molar-refractivity contribution in [2.24, 2.45) is 5.10 Å². The van der Waals surface area contributed by atoms with Crippen molar-refractivity contribution in [3.05, 3.63) is 74.3 Å². The highest BCUT2D eigenvalue weighted by Crippen LogP contribution is 2.17. The molecule has 2 rings (SSSR count). The lowest BCUT2D eigenvalue weighted by atomic mass is 10.2. The summed E-state index contributed by atoms with van der Waals surface area (Å²) in [5.41, 5.74) is 2.68. The minimum atomic E-state index is -0.538. The zero-order valence-corrected chi connectivity index (χ0v) is 12.7. The molecule has 0 radical (unpaired) electrons. The third-order valence-corrected chi connectivity index (χ3v) is 2.92. The molecule has 0 aliphatic rings. The Morgan fingerprint density at radius 3 is 2.04 bits per heavy atom. The van der Waals surface area contributed by atoms with Crippen LogP contribution in [-0.2, 0) is 4.79 Å². The molecule has 0 heterocycles. The summed E-state index contributed by atoms with van der Waals surface area (Å²) in [4.78, 5) is 31.6. The Morgan fingerprint density at radius 2 is 1.52 bits per heavy atom. The monoisotopic (exact) mass is 344 g/mol. The van der Waals surface area contributed by atoms with Crippen molar-refractivity contribution >= 4 is 23.5 Å². The number of hydrogen-bond acceptors (Lipinski definition) is 7. The number of rotatable bonds is 7. The number of amides is 1. The van der Waals surface area contributed by atoms with E-state index in [9.17, 15) is 25.0 Å². The summed E-state index contributed by atoms with van der Waals surface area (Å²) in [5.74, 6) is -0.225. The van der Waals surface area contributed by atoms with Gasteiger partial charge < -0.3 is 4.74 Å². The largest absolute Gasteiger partial charge is 0.484 e. The molecule has 0 saturated carbocycles. The van der Waals surface area contributed by atoms with Crippen LogP contribution in [0.15, 0.2) is 53.6 Å². The van der Waals surface area contributed by atoms with Crippen LogP contribution in [0.25, 0.3) is 0 Å². The first-order chi connectivity index (χ1) is 12.0.